The fraction of sp³-hybridized carbons (Fsp3) is 0. The van der Waals surface area contributed by atoms with Crippen LogP contribution in [0.15, 0.2) is 26.5 Å². The Morgan fingerprint density at radius 2 is 2.07 bits per heavy atom. The van der Waals surface area contributed by atoms with Crippen LogP contribution in [0.2, 0.25) is 0 Å². The lowest BCUT2D eigenvalue weighted by atomic mass is 10.1. The molecule has 2 aromatic rings. The highest BCUT2D eigenvalue weighted by Gasteiger charge is 2.14. The maximum atomic E-state index is 11.0. The molecule has 1 heterocycles. The highest BCUT2D eigenvalue weighted by atomic mass is 79.9. The average molecular weight is 336 g/mol. The number of fused-ring (bicyclic) bond motifs is 1. The first-order valence-electron chi connectivity index (χ1n) is 3.70. The molecule has 0 fully saturated rings. The summed E-state index contributed by atoms with van der Waals surface area (Å²) in [6, 6.07) is 5.49. The first-order chi connectivity index (χ1) is 6.59. The second-order valence-corrected chi connectivity index (χ2v) is 6.01. The van der Waals surface area contributed by atoms with Crippen molar-refractivity contribution in [1.82, 2.24) is 0 Å². The second kappa shape index (κ2) is 3.64. The molecule has 1 aromatic carbocycles. The zero-order chi connectivity index (χ0) is 10.3. The molecule has 1 aromatic heterocycles. The van der Waals surface area contributed by atoms with E-state index >= 15 is 0 Å². The number of aromatic carboxylic acids is 1. The Morgan fingerprint density at radius 1 is 1.36 bits per heavy atom. The van der Waals surface area contributed by atoms with E-state index in [0.717, 1.165) is 13.9 Å². The lowest BCUT2D eigenvalue weighted by Gasteiger charge is -1.99. The zero-order valence-electron chi connectivity index (χ0n) is 6.75. The highest BCUT2D eigenvalue weighted by Crippen LogP contribution is 2.35. The third-order valence-corrected chi connectivity index (χ3v) is 4.10. The molecule has 0 bridgehead atoms. The van der Waals surface area contributed by atoms with Gasteiger partial charge in [-0.25, -0.2) is 4.79 Å². The summed E-state index contributed by atoms with van der Waals surface area (Å²) in [7, 11) is 0. The fourth-order valence-corrected chi connectivity index (χ4v) is 3.33. The Morgan fingerprint density at radius 3 is 2.71 bits per heavy atom. The Labute approximate surface area is 101 Å². The second-order valence-electron chi connectivity index (χ2n) is 2.69. The molecule has 0 saturated heterocycles. The number of carbonyl (C=O) groups is 1. The van der Waals surface area contributed by atoms with Gasteiger partial charge in [-0.1, -0.05) is 0 Å². The van der Waals surface area contributed by atoms with E-state index < -0.39 is 5.97 Å². The zero-order valence-corrected chi connectivity index (χ0v) is 10.7. The van der Waals surface area contributed by atoms with Crippen LogP contribution in [0.3, 0.4) is 0 Å². The van der Waals surface area contributed by atoms with E-state index in [1.165, 1.54) is 11.3 Å². The van der Waals surface area contributed by atoms with Crippen molar-refractivity contribution in [3.63, 3.8) is 0 Å². The van der Waals surface area contributed by atoms with Crippen LogP contribution in [0.4, 0.5) is 0 Å². The SMILES string of the molecule is O=C(O)c1c(Br)ccc2sc(Br)cc12. The Hall–Kier alpha value is -0.390. The molecule has 5 heteroatoms. The number of halogens is 2. The van der Waals surface area contributed by atoms with Crippen molar-refractivity contribution in [3.8, 4) is 0 Å². The van der Waals surface area contributed by atoms with Gasteiger partial charge in [-0.05, 0) is 50.1 Å². The number of hydrogen-bond acceptors (Lipinski definition) is 2. The molecule has 0 atom stereocenters. The van der Waals surface area contributed by atoms with Crippen LogP contribution in [0.25, 0.3) is 10.1 Å². The first kappa shape index (κ1) is 10.1. The van der Waals surface area contributed by atoms with Crippen LogP contribution in [-0.4, -0.2) is 11.1 Å². The topological polar surface area (TPSA) is 37.3 Å². The van der Waals surface area contributed by atoms with Gasteiger partial charge in [-0.15, -0.1) is 11.3 Å². The number of thiophene rings is 1. The molecule has 0 aliphatic carbocycles. The van der Waals surface area contributed by atoms with E-state index in [1.807, 2.05) is 12.1 Å². The summed E-state index contributed by atoms with van der Waals surface area (Å²) in [5.41, 5.74) is 0.324. The van der Waals surface area contributed by atoms with Gasteiger partial charge >= 0.3 is 5.97 Å². The minimum absolute atomic E-state index is 0.324. The third-order valence-electron chi connectivity index (χ3n) is 1.83. The Balaban J connectivity index is 2.88. The van der Waals surface area contributed by atoms with E-state index in [1.54, 1.807) is 6.07 Å². The van der Waals surface area contributed by atoms with Crippen molar-refractivity contribution in [1.29, 1.82) is 0 Å². The van der Waals surface area contributed by atoms with Crippen LogP contribution < -0.4 is 0 Å². The quantitative estimate of drug-likeness (QED) is 0.851. The standard InChI is InChI=1S/C9H4Br2O2S/c10-5-1-2-6-4(3-7(11)14-6)8(5)9(12)13/h1-3H,(H,12,13). The molecular weight excluding hydrogens is 332 g/mol. The smallest absolute Gasteiger partial charge is 0.337 e. The molecule has 0 amide bonds. The normalized spacial score (nSPS) is 10.7. The highest BCUT2D eigenvalue weighted by molar-refractivity contribution is 9.11. The third kappa shape index (κ3) is 1.60. The number of carboxylic acid groups (broad SMARTS) is 1. The van der Waals surface area contributed by atoms with Crippen molar-refractivity contribution in [3.05, 3.63) is 32.0 Å². The van der Waals surface area contributed by atoms with Gasteiger partial charge in [-0.3, -0.25) is 0 Å². The lowest BCUT2D eigenvalue weighted by Crippen LogP contribution is -1.97. The predicted octanol–water partition coefficient (Wildman–Crippen LogP) is 4.12. The van der Waals surface area contributed by atoms with E-state index in [4.69, 9.17) is 5.11 Å². The minimum Gasteiger partial charge on any atom is -0.478 e. The molecule has 0 aliphatic rings. The molecule has 2 rings (SSSR count). The van der Waals surface area contributed by atoms with Gasteiger partial charge in [0.25, 0.3) is 0 Å². The number of benzene rings is 1. The maximum Gasteiger partial charge on any atom is 0.337 e. The van der Waals surface area contributed by atoms with Crippen molar-refractivity contribution >= 4 is 59.3 Å². The molecule has 0 spiro atoms. The van der Waals surface area contributed by atoms with E-state index in [2.05, 4.69) is 31.9 Å². The Kier molecular flexibility index (Phi) is 2.64. The van der Waals surface area contributed by atoms with Crippen molar-refractivity contribution in [2.45, 2.75) is 0 Å². The molecular formula is C9H4Br2O2S. The van der Waals surface area contributed by atoms with E-state index in [-0.39, 0.29) is 0 Å². The largest absolute Gasteiger partial charge is 0.478 e. The number of rotatable bonds is 1. The van der Waals surface area contributed by atoms with Crippen LogP contribution in [0, 0.1) is 0 Å². The molecule has 1 N–H and O–H groups in total. The van der Waals surface area contributed by atoms with Crippen LogP contribution in [-0.2, 0) is 0 Å². The minimum atomic E-state index is -0.909. The van der Waals surface area contributed by atoms with Gasteiger partial charge in [0.1, 0.15) is 0 Å². The van der Waals surface area contributed by atoms with Gasteiger partial charge in [-0.2, -0.15) is 0 Å². The van der Waals surface area contributed by atoms with Gasteiger partial charge < -0.3 is 5.11 Å². The van der Waals surface area contributed by atoms with Crippen LogP contribution >= 0.6 is 43.2 Å². The summed E-state index contributed by atoms with van der Waals surface area (Å²) < 4.78 is 2.52. The van der Waals surface area contributed by atoms with Crippen molar-refractivity contribution < 1.29 is 9.90 Å². The van der Waals surface area contributed by atoms with Gasteiger partial charge in [0.05, 0.1) is 9.35 Å². The molecule has 0 saturated carbocycles. The predicted molar refractivity (Wildman–Crippen MR) is 64.2 cm³/mol. The van der Waals surface area contributed by atoms with Crippen LogP contribution in [0.5, 0.6) is 0 Å². The molecule has 72 valence electrons. The fourth-order valence-electron chi connectivity index (χ4n) is 1.27. The van der Waals surface area contributed by atoms with Crippen molar-refractivity contribution in [2.24, 2.45) is 0 Å². The van der Waals surface area contributed by atoms with Crippen molar-refractivity contribution in [2.75, 3.05) is 0 Å². The van der Waals surface area contributed by atoms with E-state index in [0.29, 0.717) is 10.0 Å². The van der Waals surface area contributed by atoms with E-state index in [9.17, 15) is 4.79 Å². The monoisotopic (exact) mass is 334 g/mol. The first-order valence-corrected chi connectivity index (χ1v) is 6.10. The maximum absolute atomic E-state index is 11.0. The molecule has 0 unspecified atom stereocenters. The van der Waals surface area contributed by atoms with Gasteiger partial charge in [0.2, 0.25) is 0 Å². The molecule has 2 nitrogen and oxygen atoms in total. The summed E-state index contributed by atoms with van der Waals surface area (Å²) in [5, 5.41) is 9.80. The van der Waals surface area contributed by atoms with Crippen LogP contribution in [0.1, 0.15) is 10.4 Å². The van der Waals surface area contributed by atoms with Gasteiger partial charge in [0.15, 0.2) is 0 Å². The lowest BCUT2D eigenvalue weighted by molar-refractivity contribution is 0.0698. The molecule has 0 aliphatic heterocycles. The number of hydrogen-bond donors (Lipinski definition) is 1. The summed E-state index contributed by atoms with van der Waals surface area (Å²) in [6.07, 6.45) is 0. The number of carboxylic acids is 1. The average Bonchev–Trinajstić information content (AvgIpc) is 2.43. The van der Waals surface area contributed by atoms with Gasteiger partial charge in [0, 0.05) is 14.6 Å². The summed E-state index contributed by atoms with van der Waals surface area (Å²) >= 11 is 8.10. The Bertz CT molecular complexity index is 519. The summed E-state index contributed by atoms with van der Waals surface area (Å²) in [5.74, 6) is -0.909. The summed E-state index contributed by atoms with van der Waals surface area (Å²) in [4.78, 5) is 11.0. The molecule has 14 heavy (non-hydrogen) atoms. The molecule has 0 radical (unpaired) electrons. The summed E-state index contributed by atoms with van der Waals surface area (Å²) in [6.45, 7) is 0.